The third kappa shape index (κ3) is 3.11. The van der Waals surface area contributed by atoms with Crippen molar-refractivity contribution < 1.29 is 0 Å². The van der Waals surface area contributed by atoms with Crippen LogP contribution < -0.4 is 5.32 Å². The summed E-state index contributed by atoms with van der Waals surface area (Å²) in [5, 5.41) is 7.62. The zero-order valence-corrected chi connectivity index (χ0v) is 10.2. The summed E-state index contributed by atoms with van der Waals surface area (Å²) in [4.78, 5) is 0. The lowest BCUT2D eigenvalue weighted by atomic mass is 10.3. The van der Waals surface area contributed by atoms with Crippen LogP contribution in [0.25, 0.3) is 0 Å². The number of anilines is 1. The van der Waals surface area contributed by atoms with E-state index in [4.69, 9.17) is 0 Å². The Balaban J connectivity index is 0.000000531. The normalized spacial score (nSPS) is 14.1. The second kappa shape index (κ2) is 5.01. The first-order chi connectivity index (χ1) is 7.16. The van der Waals surface area contributed by atoms with Crippen molar-refractivity contribution >= 4 is 5.82 Å². The fraction of sp³-hybridized carbons (Fsp3) is 0.583. The molecule has 3 nitrogen and oxygen atoms in total. The number of hydrogen-bond donors (Lipinski definition) is 1. The Morgan fingerprint density at radius 3 is 2.60 bits per heavy atom. The van der Waals surface area contributed by atoms with Gasteiger partial charge in [0.05, 0.1) is 5.69 Å². The van der Waals surface area contributed by atoms with Crippen LogP contribution in [-0.4, -0.2) is 9.78 Å². The maximum atomic E-state index is 4.44. The van der Waals surface area contributed by atoms with Gasteiger partial charge in [0.2, 0.25) is 0 Å². The predicted octanol–water partition coefficient (Wildman–Crippen LogP) is 3.27. The molecule has 1 saturated carbocycles. The summed E-state index contributed by atoms with van der Waals surface area (Å²) < 4.78 is 1.88. The van der Waals surface area contributed by atoms with Gasteiger partial charge in [0.25, 0.3) is 0 Å². The topological polar surface area (TPSA) is 29.9 Å². The highest BCUT2D eigenvalue weighted by Gasteiger charge is 2.26. The molecule has 2 rings (SSSR count). The fourth-order valence-corrected chi connectivity index (χ4v) is 1.40. The highest BCUT2D eigenvalue weighted by atomic mass is 15.3. The number of allylic oxidation sites excluding steroid dienone is 1. The molecule has 0 saturated heterocycles. The van der Waals surface area contributed by atoms with Gasteiger partial charge in [0.1, 0.15) is 5.82 Å². The van der Waals surface area contributed by atoms with E-state index in [0.717, 1.165) is 11.5 Å². The number of nitrogens with zero attached hydrogens (tertiary/aromatic N) is 2. The molecule has 3 heteroatoms. The molecule has 0 aliphatic heterocycles. The highest BCUT2D eigenvalue weighted by molar-refractivity contribution is 5.43. The first-order valence-corrected chi connectivity index (χ1v) is 5.63. The summed E-state index contributed by atoms with van der Waals surface area (Å²) in [6, 6.07) is 2.12. The number of aromatic nitrogens is 2. The zero-order chi connectivity index (χ0) is 11.4. The number of aryl methyl sites for hydroxylation is 1. The van der Waals surface area contributed by atoms with Crippen molar-refractivity contribution in [2.45, 2.75) is 39.5 Å². The molecule has 84 valence electrons. The maximum Gasteiger partial charge on any atom is 0.128 e. The van der Waals surface area contributed by atoms with Gasteiger partial charge in [-0.1, -0.05) is 20.4 Å². The van der Waals surface area contributed by atoms with Crippen LogP contribution in [0.5, 0.6) is 0 Å². The van der Waals surface area contributed by atoms with Gasteiger partial charge in [-0.15, -0.1) is 0 Å². The Labute approximate surface area is 92.2 Å². The van der Waals surface area contributed by atoms with Crippen LogP contribution >= 0.6 is 0 Å². The van der Waals surface area contributed by atoms with Gasteiger partial charge < -0.3 is 5.32 Å². The molecule has 1 aliphatic rings. The van der Waals surface area contributed by atoms with E-state index in [9.17, 15) is 0 Å². The molecule has 0 aromatic carbocycles. The minimum atomic E-state index is 0.715. The Morgan fingerprint density at radius 1 is 1.53 bits per heavy atom. The Kier molecular flexibility index (Phi) is 3.95. The molecular weight excluding hydrogens is 186 g/mol. The third-order valence-electron chi connectivity index (χ3n) is 2.24. The van der Waals surface area contributed by atoms with Crippen LogP contribution in [-0.2, 0) is 7.05 Å². The van der Waals surface area contributed by atoms with Crippen LogP contribution in [0.2, 0.25) is 0 Å². The fourth-order valence-electron chi connectivity index (χ4n) is 1.40. The van der Waals surface area contributed by atoms with Crippen molar-refractivity contribution in [1.82, 2.24) is 9.78 Å². The van der Waals surface area contributed by atoms with Gasteiger partial charge in [-0.2, -0.15) is 5.10 Å². The molecule has 0 radical (unpaired) electrons. The molecule has 1 aromatic heterocycles. The third-order valence-corrected chi connectivity index (χ3v) is 2.24. The number of nitrogens with one attached hydrogen (secondary N) is 1. The van der Waals surface area contributed by atoms with E-state index in [1.807, 2.05) is 32.5 Å². The first kappa shape index (κ1) is 11.8. The van der Waals surface area contributed by atoms with Crippen LogP contribution in [0, 0.1) is 0 Å². The lowest BCUT2D eigenvalue weighted by Gasteiger charge is -2.03. The van der Waals surface area contributed by atoms with Gasteiger partial charge in [-0.3, -0.25) is 4.68 Å². The smallest absolute Gasteiger partial charge is 0.128 e. The number of hydrogen-bond acceptors (Lipinski definition) is 2. The summed E-state index contributed by atoms with van der Waals surface area (Å²) in [6.07, 6.45) is 2.59. The molecule has 1 aromatic rings. The van der Waals surface area contributed by atoms with Crippen LogP contribution in [0.15, 0.2) is 18.3 Å². The highest BCUT2D eigenvalue weighted by Crippen LogP contribution is 2.39. The molecule has 0 atom stereocenters. The summed E-state index contributed by atoms with van der Waals surface area (Å²) in [6.45, 7) is 9.76. The monoisotopic (exact) mass is 207 g/mol. The second-order valence-electron chi connectivity index (χ2n) is 3.76. The van der Waals surface area contributed by atoms with E-state index in [1.54, 1.807) is 0 Å². The molecule has 1 aliphatic carbocycles. The zero-order valence-electron chi connectivity index (χ0n) is 10.2. The van der Waals surface area contributed by atoms with E-state index < -0.39 is 0 Å². The lowest BCUT2D eigenvalue weighted by molar-refractivity contribution is 0.750. The molecule has 1 heterocycles. The van der Waals surface area contributed by atoms with E-state index >= 15 is 0 Å². The molecule has 0 spiro atoms. The van der Waals surface area contributed by atoms with Crippen LogP contribution in [0.4, 0.5) is 5.82 Å². The van der Waals surface area contributed by atoms with Crippen molar-refractivity contribution in [1.29, 1.82) is 0 Å². The first-order valence-electron chi connectivity index (χ1n) is 5.63. The van der Waals surface area contributed by atoms with Gasteiger partial charge in [0, 0.05) is 24.7 Å². The van der Waals surface area contributed by atoms with Gasteiger partial charge in [-0.25, -0.2) is 0 Å². The average Bonchev–Trinajstić information content (AvgIpc) is 2.97. The van der Waals surface area contributed by atoms with Crippen molar-refractivity contribution in [3.63, 3.8) is 0 Å². The van der Waals surface area contributed by atoms with E-state index in [2.05, 4.69) is 23.1 Å². The number of rotatable bonds is 3. The summed E-state index contributed by atoms with van der Waals surface area (Å²) in [7, 11) is 1.96. The van der Waals surface area contributed by atoms with Gasteiger partial charge in [0.15, 0.2) is 0 Å². The van der Waals surface area contributed by atoms with E-state index in [-0.39, 0.29) is 0 Å². The minimum absolute atomic E-state index is 0.715. The minimum Gasteiger partial charge on any atom is -0.345 e. The molecular formula is C12H21N3. The van der Waals surface area contributed by atoms with Crippen LogP contribution in [0.3, 0.4) is 0 Å². The molecule has 15 heavy (non-hydrogen) atoms. The van der Waals surface area contributed by atoms with Crippen molar-refractivity contribution in [3.05, 3.63) is 24.0 Å². The van der Waals surface area contributed by atoms with Crippen molar-refractivity contribution in [2.75, 3.05) is 5.32 Å². The standard InChI is InChI=1S/C10H15N3.C2H6/c1-7(2)11-10-6-9(8-4-5-8)12-13(10)3;1-2/h6,8,11H,1,4-5H2,2-3H3;1-2H3. The molecule has 0 bridgehead atoms. The van der Waals surface area contributed by atoms with Gasteiger partial charge in [-0.05, 0) is 19.8 Å². The molecule has 1 N–H and O–H groups in total. The van der Waals surface area contributed by atoms with Crippen LogP contribution in [0.1, 0.15) is 45.2 Å². The largest absolute Gasteiger partial charge is 0.345 e. The predicted molar refractivity (Wildman–Crippen MR) is 65.0 cm³/mol. The summed E-state index contributed by atoms with van der Waals surface area (Å²) in [5.74, 6) is 1.75. The maximum absolute atomic E-state index is 4.44. The van der Waals surface area contributed by atoms with Crippen molar-refractivity contribution in [2.24, 2.45) is 7.05 Å². The quantitative estimate of drug-likeness (QED) is 0.824. The summed E-state index contributed by atoms with van der Waals surface area (Å²) in [5.41, 5.74) is 2.16. The summed E-state index contributed by atoms with van der Waals surface area (Å²) >= 11 is 0. The van der Waals surface area contributed by atoms with E-state index in [0.29, 0.717) is 5.92 Å². The Hall–Kier alpha value is -1.25. The van der Waals surface area contributed by atoms with Crippen molar-refractivity contribution in [3.8, 4) is 0 Å². The molecule has 0 unspecified atom stereocenters. The Morgan fingerprint density at radius 2 is 2.13 bits per heavy atom. The SMILES string of the molecule is C=C(C)Nc1cc(C2CC2)nn1C.CC. The molecule has 0 amide bonds. The van der Waals surface area contributed by atoms with E-state index in [1.165, 1.54) is 18.5 Å². The molecule has 1 fully saturated rings. The second-order valence-corrected chi connectivity index (χ2v) is 3.76. The van der Waals surface area contributed by atoms with Gasteiger partial charge >= 0.3 is 0 Å². The lowest BCUT2D eigenvalue weighted by Crippen LogP contribution is -2.01. The Bertz CT molecular complexity index is 335. The average molecular weight is 207 g/mol.